The molecule has 19 heteroatoms. The number of ether oxygens (including phenoxy) is 11. The van der Waals surface area contributed by atoms with Crippen molar-refractivity contribution < 1.29 is 85.7 Å². The van der Waals surface area contributed by atoms with E-state index >= 15 is 0 Å². The average molecular weight is 754 g/mol. The van der Waals surface area contributed by atoms with Gasteiger partial charge in [-0.3, -0.25) is 38.6 Å². The molecule has 53 heavy (non-hydrogen) atoms. The molecule has 2 aliphatic heterocycles. The number of rotatable bonds is 14. The Labute approximate surface area is 304 Å². The van der Waals surface area contributed by atoms with E-state index in [1.54, 1.807) is 24.3 Å². The third kappa shape index (κ3) is 12.8. The van der Waals surface area contributed by atoms with E-state index in [1.807, 2.05) is 0 Å². The minimum Gasteiger partial charge on any atom is -0.497 e. The molecular formula is C34H43NO18. The Balaban J connectivity index is 2.22. The third-order valence-electron chi connectivity index (χ3n) is 7.40. The van der Waals surface area contributed by atoms with E-state index in [1.165, 1.54) is 13.3 Å². The molecule has 0 saturated carbocycles. The molecular weight excluding hydrogens is 710 g/mol. The molecule has 0 amide bonds. The lowest BCUT2D eigenvalue weighted by molar-refractivity contribution is -0.349. The molecule has 0 radical (unpaired) electrons. The Morgan fingerprint density at radius 1 is 0.566 bits per heavy atom. The van der Waals surface area contributed by atoms with Gasteiger partial charge in [0.1, 0.15) is 37.2 Å². The zero-order valence-corrected chi connectivity index (χ0v) is 30.4. The number of methoxy groups -OCH3 is 1. The van der Waals surface area contributed by atoms with Crippen LogP contribution in [0.2, 0.25) is 0 Å². The van der Waals surface area contributed by atoms with Crippen molar-refractivity contribution in [3.05, 3.63) is 29.8 Å². The molecule has 0 aromatic heterocycles. The van der Waals surface area contributed by atoms with Gasteiger partial charge in [0.25, 0.3) is 0 Å². The van der Waals surface area contributed by atoms with Gasteiger partial charge in [0.15, 0.2) is 36.8 Å². The van der Waals surface area contributed by atoms with Crippen molar-refractivity contribution in [2.75, 3.05) is 20.3 Å². The monoisotopic (exact) mass is 753 g/mol. The van der Waals surface area contributed by atoms with Crippen molar-refractivity contribution in [2.24, 2.45) is 4.99 Å². The van der Waals surface area contributed by atoms with Crippen molar-refractivity contribution in [1.29, 1.82) is 0 Å². The molecule has 292 valence electrons. The summed E-state index contributed by atoms with van der Waals surface area (Å²) in [6, 6.07) is 5.21. The van der Waals surface area contributed by atoms with Crippen LogP contribution in [0.5, 0.6) is 5.75 Å². The van der Waals surface area contributed by atoms with Crippen LogP contribution in [0, 0.1) is 0 Å². The molecule has 1 aromatic carbocycles. The van der Waals surface area contributed by atoms with Crippen molar-refractivity contribution >= 4 is 48.0 Å². The second-order valence-corrected chi connectivity index (χ2v) is 11.7. The van der Waals surface area contributed by atoms with E-state index in [2.05, 4.69) is 4.99 Å². The molecule has 2 aliphatic rings. The number of benzene rings is 1. The van der Waals surface area contributed by atoms with Crippen LogP contribution in [0.15, 0.2) is 29.3 Å². The maximum Gasteiger partial charge on any atom is 0.305 e. The molecule has 0 N–H and O–H groups in total. The van der Waals surface area contributed by atoms with Crippen LogP contribution in [-0.2, 0) is 80.9 Å². The van der Waals surface area contributed by atoms with E-state index < -0.39 is 116 Å². The Morgan fingerprint density at radius 2 is 1.00 bits per heavy atom. The fourth-order valence-electron chi connectivity index (χ4n) is 5.45. The van der Waals surface area contributed by atoms with Crippen molar-refractivity contribution in [3.63, 3.8) is 0 Å². The van der Waals surface area contributed by atoms with Gasteiger partial charge in [0.2, 0.25) is 6.29 Å². The number of carbonyl (C=O) groups excluding carboxylic acids is 7. The van der Waals surface area contributed by atoms with Crippen LogP contribution in [0.3, 0.4) is 0 Å². The number of aliphatic imine (C=N–C) groups is 1. The molecule has 2 heterocycles. The van der Waals surface area contributed by atoms with Crippen molar-refractivity contribution in [1.82, 2.24) is 0 Å². The summed E-state index contributed by atoms with van der Waals surface area (Å²) in [5.74, 6) is -5.19. The van der Waals surface area contributed by atoms with Crippen LogP contribution in [-0.4, -0.2) is 130 Å². The van der Waals surface area contributed by atoms with Crippen LogP contribution in [0.25, 0.3) is 0 Å². The largest absolute Gasteiger partial charge is 0.497 e. The van der Waals surface area contributed by atoms with E-state index in [0.29, 0.717) is 11.3 Å². The standard InChI is InChI=1S/C34H43NO18/c1-16(36)44-14-25-28(46-18(3)38)30(48-20(5)40)27(35-13-23-9-11-24(43-8)12-10-23)33(51-25)53-32-31(49-21(6)41)29(47-19(4)39)26(15-45-17(2)37)52-34(32)50-22(7)42/h9-13,25-34H,14-15H2,1-8H3/t25-,26-,27-,28-,29-,30-,31+,32+,33-,34+/m1/s1. The Kier molecular flexibility index (Phi) is 15.7. The summed E-state index contributed by atoms with van der Waals surface area (Å²) in [6.45, 7) is 6.52. The molecule has 0 bridgehead atoms. The van der Waals surface area contributed by atoms with Gasteiger partial charge in [0.05, 0.1) is 7.11 Å². The first-order valence-electron chi connectivity index (χ1n) is 16.2. The third-order valence-corrected chi connectivity index (χ3v) is 7.40. The van der Waals surface area contributed by atoms with Crippen LogP contribution in [0.1, 0.15) is 54.0 Å². The molecule has 1 aromatic rings. The highest BCUT2D eigenvalue weighted by Crippen LogP contribution is 2.35. The first-order valence-corrected chi connectivity index (χ1v) is 16.2. The van der Waals surface area contributed by atoms with E-state index in [4.69, 9.17) is 52.1 Å². The zero-order valence-electron chi connectivity index (χ0n) is 30.4. The highest BCUT2D eigenvalue weighted by atomic mass is 16.8. The summed E-state index contributed by atoms with van der Waals surface area (Å²) in [7, 11) is 1.49. The molecule has 0 unspecified atom stereocenters. The lowest BCUT2D eigenvalue weighted by atomic mass is 9.95. The number of carbonyl (C=O) groups is 7. The van der Waals surface area contributed by atoms with Crippen molar-refractivity contribution in [3.8, 4) is 5.75 Å². The Bertz CT molecular complexity index is 1510. The molecule has 3 rings (SSSR count). The lowest BCUT2D eigenvalue weighted by Gasteiger charge is -2.48. The fourth-order valence-corrected chi connectivity index (χ4v) is 5.45. The number of esters is 7. The molecule has 0 spiro atoms. The summed E-state index contributed by atoms with van der Waals surface area (Å²) in [5, 5.41) is 0. The predicted molar refractivity (Wildman–Crippen MR) is 174 cm³/mol. The summed E-state index contributed by atoms with van der Waals surface area (Å²) in [6.07, 6.45) is -12.5. The van der Waals surface area contributed by atoms with Gasteiger partial charge >= 0.3 is 41.8 Å². The summed E-state index contributed by atoms with van der Waals surface area (Å²) in [5.41, 5.74) is 0.525. The maximum absolute atomic E-state index is 12.5. The van der Waals surface area contributed by atoms with Gasteiger partial charge < -0.3 is 52.1 Å². The van der Waals surface area contributed by atoms with Gasteiger partial charge in [-0.25, -0.2) is 0 Å². The molecule has 10 atom stereocenters. The lowest BCUT2D eigenvalue weighted by Crippen LogP contribution is -2.66. The minimum absolute atomic E-state index is 0.525. The summed E-state index contributed by atoms with van der Waals surface area (Å²) in [4.78, 5) is 90.2. The average Bonchev–Trinajstić information content (AvgIpc) is 3.05. The molecule has 0 aliphatic carbocycles. The first-order chi connectivity index (χ1) is 25.0. The van der Waals surface area contributed by atoms with Gasteiger partial charge in [-0.2, -0.15) is 0 Å². The van der Waals surface area contributed by atoms with E-state index in [0.717, 1.165) is 48.5 Å². The van der Waals surface area contributed by atoms with Crippen LogP contribution < -0.4 is 4.74 Å². The maximum atomic E-state index is 12.5. The number of hydrogen-bond donors (Lipinski definition) is 0. The number of nitrogens with zero attached hydrogens (tertiary/aromatic N) is 1. The van der Waals surface area contributed by atoms with Gasteiger partial charge in [-0.1, -0.05) is 0 Å². The smallest absolute Gasteiger partial charge is 0.305 e. The Hall–Kier alpha value is -5.14. The second kappa shape index (κ2) is 19.6. The molecule has 19 nitrogen and oxygen atoms in total. The summed E-state index contributed by atoms with van der Waals surface area (Å²) < 4.78 is 61.7. The zero-order chi connectivity index (χ0) is 39.4. The SMILES string of the molecule is COc1ccc(C=N[C@H]2[C@@H](O[C@@H]3[C@@H](OC(C)=O)O[C@H](COC(C)=O)[C@@H](OC(C)=O)[C@@H]3OC(C)=O)O[C@H](COC(C)=O)[C@@H](OC(C)=O)[C@@H]2OC(C)=O)cc1. The van der Waals surface area contributed by atoms with E-state index in [9.17, 15) is 33.6 Å². The quantitative estimate of drug-likeness (QED) is 0.145. The van der Waals surface area contributed by atoms with Gasteiger partial charge in [0, 0.05) is 54.7 Å². The van der Waals surface area contributed by atoms with Crippen LogP contribution in [0.4, 0.5) is 0 Å². The normalized spacial score (nSPS) is 28.2. The van der Waals surface area contributed by atoms with Gasteiger partial charge in [-0.15, -0.1) is 0 Å². The highest BCUT2D eigenvalue weighted by molar-refractivity contribution is 5.80. The van der Waals surface area contributed by atoms with Gasteiger partial charge in [-0.05, 0) is 29.8 Å². The van der Waals surface area contributed by atoms with E-state index in [-0.39, 0.29) is 0 Å². The first kappa shape index (κ1) is 42.3. The fraction of sp³-hybridized carbons (Fsp3) is 0.588. The topological polar surface area (TPSA) is 233 Å². The van der Waals surface area contributed by atoms with Crippen LogP contribution >= 0.6 is 0 Å². The minimum atomic E-state index is -1.75. The number of hydrogen-bond acceptors (Lipinski definition) is 19. The highest BCUT2D eigenvalue weighted by Gasteiger charge is 2.57. The molecule has 2 saturated heterocycles. The summed E-state index contributed by atoms with van der Waals surface area (Å²) >= 11 is 0. The molecule has 2 fully saturated rings. The van der Waals surface area contributed by atoms with Crippen molar-refractivity contribution in [2.45, 2.75) is 110 Å². The Morgan fingerprint density at radius 3 is 1.45 bits per heavy atom. The predicted octanol–water partition coefficient (Wildman–Crippen LogP) is 0.734. The second-order valence-electron chi connectivity index (χ2n) is 11.7.